The van der Waals surface area contributed by atoms with E-state index in [9.17, 15) is 9.59 Å². The number of rotatable bonds is 2. The van der Waals surface area contributed by atoms with Gasteiger partial charge in [0.2, 0.25) is 5.91 Å². The number of nitrogens with one attached hydrogen (secondary N) is 2. The molecule has 1 aromatic carbocycles. The first-order valence-electron chi connectivity index (χ1n) is 6.13. The molecular formula is C13H17N3O2. The smallest absolute Gasteiger partial charge is 0.271 e. The third kappa shape index (κ3) is 2.80. The minimum absolute atomic E-state index is 0.0263. The van der Waals surface area contributed by atoms with Gasteiger partial charge in [-0.1, -0.05) is 25.0 Å². The first-order chi connectivity index (χ1) is 8.68. The molecule has 18 heavy (non-hydrogen) atoms. The third-order valence-corrected chi connectivity index (χ3v) is 3.23. The van der Waals surface area contributed by atoms with Crippen LogP contribution in [0.25, 0.3) is 0 Å². The van der Waals surface area contributed by atoms with Gasteiger partial charge in [0, 0.05) is 11.6 Å². The normalized spacial score (nSPS) is 15.3. The van der Waals surface area contributed by atoms with E-state index in [-0.39, 0.29) is 17.7 Å². The minimum Gasteiger partial charge on any atom is -0.398 e. The van der Waals surface area contributed by atoms with E-state index < -0.39 is 0 Å². The highest BCUT2D eigenvalue weighted by molar-refractivity contribution is 5.99. The Labute approximate surface area is 106 Å². The monoisotopic (exact) mass is 247 g/mol. The number of para-hydroxylation sites is 1. The number of nitrogen functional groups attached to an aromatic ring is 1. The van der Waals surface area contributed by atoms with Gasteiger partial charge in [-0.25, -0.2) is 0 Å². The molecule has 1 aliphatic carbocycles. The van der Waals surface area contributed by atoms with Crippen LogP contribution in [0.15, 0.2) is 24.3 Å². The summed E-state index contributed by atoms with van der Waals surface area (Å²) in [6.45, 7) is 0. The van der Waals surface area contributed by atoms with E-state index in [0.717, 1.165) is 25.7 Å². The van der Waals surface area contributed by atoms with Crippen LogP contribution in [-0.2, 0) is 4.79 Å². The molecule has 0 spiro atoms. The fraction of sp³-hybridized carbons (Fsp3) is 0.385. The van der Waals surface area contributed by atoms with Crippen LogP contribution in [0.3, 0.4) is 0 Å². The first-order valence-corrected chi connectivity index (χ1v) is 6.13. The molecule has 2 amide bonds. The zero-order valence-electron chi connectivity index (χ0n) is 10.1. The molecule has 0 aromatic heterocycles. The molecule has 0 heterocycles. The van der Waals surface area contributed by atoms with E-state index in [1.807, 2.05) is 0 Å². The summed E-state index contributed by atoms with van der Waals surface area (Å²) in [5.74, 6) is -0.479. The Morgan fingerprint density at radius 2 is 1.78 bits per heavy atom. The first kappa shape index (κ1) is 12.4. The molecule has 0 aliphatic heterocycles. The Hall–Kier alpha value is -2.04. The van der Waals surface area contributed by atoms with Crippen LogP contribution in [0.1, 0.15) is 36.0 Å². The van der Waals surface area contributed by atoms with Gasteiger partial charge < -0.3 is 5.73 Å². The summed E-state index contributed by atoms with van der Waals surface area (Å²) < 4.78 is 0. The molecule has 5 heteroatoms. The minimum atomic E-state index is -0.389. The van der Waals surface area contributed by atoms with Crippen molar-refractivity contribution in [3.63, 3.8) is 0 Å². The lowest BCUT2D eigenvalue weighted by atomic mass is 10.1. The Morgan fingerprint density at radius 3 is 2.44 bits per heavy atom. The Bertz CT molecular complexity index is 453. The number of carbonyl (C=O) groups excluding carboxylic acids is 2. The second-order valence-electron chi connectivity index (χ2n) is 4.51. The number of carbonyl (C=O) groups is 2. The molecule has 1 saturated carbocycles. The van der Waals surface area contributed by atoms with E-state index in [0.29, 0.717) is 11.3 Å². The van der Waals surface area contributed by atoms with E-state index in [4.69, 9.17) is 5.73 Å². The van der Waals surface area contributed by atoms with Crippen molar-refractivity contribution in [2.45, 2.75) is 25.7 Å². The van der Waals surface area contributed by atoms with Crippen LogP contribution in [-0.4, -0.2) is 11.8 Å². The second kappa shape index (κ2) is 5.53. The summed E-state index contributed by atoms with van der Waals surface area (Å²) in [5, 5.41) is 0. The molecule has 1 aliphatic rings. The summed E-state index contributed by atoms with van der Waals surface area (Å²) in [5.41, 5.74) is 11.3. The SMILES string of the molecule is Nc1ccccc1C(=O)NNC(=O)C1CCCC1. The van der Waals surface area contributed by atoms with Crippen LogP contribution in [0.5, 0.6) is 0 Å². The molecular weight excluding hydrogens is 230 g/mol. The van der Waals surface area contributed by atoms with E-state index in [1.54, 1.807) is 24.3 Å². The van der Waals surface area contributed by atoms with Gasteiger partial charge in [0.1, 0.15) is 0 Å². The molecule has 0 radical (unpaired) electrons. The quantitative estimate of drug-likeness (QED) is 0.542. The Morgan fingerprint density at radius 1 is 1.11 bits per heavy atom. The predicted octanol–water partition coefficient (Wildman–Crippen LogP) is 1.22. The lowest BCUT2D eigenvalue weighted by Gasteiger charge is -2.12. The highest BCUT2D eigenvalue weighted by Crippen LogP contribution is 2.24. The van der Waals surface area contributed by atoms with Crippen molar-refractivity contribution in [1.82, 2.24) is 10.9 Å². The molecule has 0 atom stereocenters. The highest BCUT2D eigenvalue weighted by atomic mass is 16.2. The zero-order valence-corrected chi connectivity index (χ0v) is 10.1. The Balaban J connectivity index is 1.88. The Kier molecular flexibility index (Phi) is 3.82. The fourth-order valence-electron chi connectivity index (χ4n) is 2.18. The summed E-state index contributed by atoms with van der Waals surface area (Å²) >= 11 is 0. The van der Waals surface area contributed by atoms with Crippen molar-refractivity contribution in [3.05, 3.63) is 29.8 Å². The molecule has 1 aromatic rings. The van der Waals surface area contributed by atoms with Crippen LogP contribution in [0, 0.1) is 5.92 Å². The number of hydrazine groups is 1. The highest BCUT2D eigenvalue weighted by Gasteiger charge is 2.23. The summed E-state index contributed by atoms with van der Waals surface area (Å²) in [6.07, 6.45) is 3.96. The van der Waals surface area contributed by atoms with Gasteiger partial charge >= 0.3 is 0 Å². The van der Waals surface area contributed by atoms with Crippen molar-refractivity contribution in [2.24, 2.45) is 5.92 Å². The number of hydrogen-bond acceptors (Lipinski definition) is 3. The molecule has 0 unspecified atom stereocenters. The van der Waals surface area contributed by atoms with Gasteiger partial charge in [-0.15, -0.1) is 0 Å². The second-order valence-corrected chi connectivity index (χ2v) is 4.51. The summed E-state index contributed by atoms with van der Waals surface area (Å²) in [4.78, 5) is 23.5. The summed E-state index contributed by atoms with van der Waals surface area (Å²) in [6, 6.07) is 6.74. The van der Waals surface area contributed by atoms with Gasteiger partial charge in [-0.05, 0) is 25.0 Å². The average Bonchev–Trinajstić information content (AvgIpc) is 2.90. The topological polar surface area (TPSA) is 84.2 Å². The predicted molar refractivity (Wildman–Crippen MR) is 68.4 cm³/mol. The maximum atomic E-state index is 11.8. The largest absolute Gasteiger partial charge is 0.398 e. The van der Waals surface area contributed by atoms with Gasteiger partial charge in [-0.2, -0.15) is 0 Å². The van der Waals surface area contributed by atoms with Crippen LogP contribution < -0.4 is 16.6 Å². The van der Waals surface area contributed by atoms with E-state index >= 15 is 0 Å². The van der Waals surface area contributed by atoms with Crippen molar-refractivity contribution in [1.29, 1.82) is 0 Å². The molecule has 96 valence electrons. The van der Waals surface area contributed by atoms with Crippen molar-refractivity contribution in [2.75, 3.05) is 5.73 Å². The number of hydrogen-bond donors (Lipinski definition) is 3. The maximum Gasteiger partial charge on any atom is 0.271 e. The lowest BCUT2D eigenvalue weighted by Crippen LogP contribution is -2.44. The lowest BCUT2D eigenvalue weighted by molar-refractivity contribution is -0.125. The van der Waals surface area contributed by atoms with Gasteiger partial charge in [0.25, 0.3) is 5.91 Å². The standard InChI is InChI=1S/C13H17N3O2/c14-11-8-4-3-7-10(11)13(18)16-15-12(17)9-5-1-2-6-9/h3-4,7-9H,1-2,5-6,14H2,(H,15,17)(H,16,18). The maximum absolute atomic E-state index is 11.8. The molecule has 0 bridgehead atoms. The van der Waals surface area contributed by atoms with Crippen molar-refractivity contribution >= 4 is 17.5 Å². The molecule has 0 saturated heterocycles. The van der Waals surface area contributed by atoms with Gasteiger partial charge in [0.05, 0.1) is 5.56 Å². The molecule has 1 fully saturated rings. The van der Waals surface area contributed by atoms with Crippen LogP contribution in [0.4, 0.5) is 5.69 Å². The number of nitrogens with two attached hydrogens (primary N) is 1. The number of amides is 2. The van der Waals surface area contributed by atoms with Crippen LogP contribution >= 0.6 is 0 Å². The van der Waals surface area contributed by atoms with Crippen molar-refractivity contribution < 1.29 is 9.59 Å². The third-order valence-electron chi connectivity index (χ3n) is 3.23. The van der Waals surface area contributed by atoms with Gasteiger partial charge in [-0.3, -0.25) is 20.4 Å². The summed E-state index contributed by atoms with van der Waals surface area (Å²) in [7, 11) is 0. The average molecular weight is 247 g/mol. The molecule has 4 N–H and O–H groups in total. The van der Waals surface area contributed by atoms with Crippen LogP contribution in [0.2, 0.25) is 0 Å². The fourth-order valence-corrected chi connectivity index (χ4v) is 2.18. The zero-order chi connectivity index (χ0) is 13.0. The van der Waals surface area contributed by atoms with E-state index in [2.05, 4.69) is 10.9 Å². The molecule has 2 rings (SSSR count). The number of anilines is 1. The van der Waals surface area contributed by atoms with Gasteiger partial charge in [0.15, 0.2) is 0 Å². The number of benzene rings is 1. The van der Waals surface area contributed by atoms with Crippen molar-refractivity contribution in [3.8, 4) is 0 Å². The molecule has 5 nitrogen and oxygen atoms in total. The van der Waals surface area contributed by atoms with E-state index in [1.165, 1.54) is 0 Å².